The number of hydrogen-bond acceptors (Lipinski definition) is 4. The molecule has 0 spiro atoms. The van der Waals surface area contributed by atoms with Crippen LogP contribution in [0.2, 0.25) is 0 Å². The highest BCUT2D eigenvalue weighted by molar-refractivity contribution is 5.49. The van der Waals surface area contributed by atoms with Crippen LogP contribution in [0.5, 0.6) is 11.5 Å². The fourth-order valence-corrected chi connectivity index (χ4v) is 2.14. The summed E-state index contributed by atoms with van der Waals surface area (Å²) in [5.41, 5.74) is -0.532. The molecule has 0 saturated heterocycles. The molecule has 0 unspecified atom stereocenters. The number of hydrogen-bond donors (Lipinski definition) is 0. The molecule has 6 heteroatoms. The summed E-state index contributed by atoms with van der Waals surface area (Å²) >= 11 is 0. The molecule has 2 aromatic rings. The van der Waals surface area contributed by atoms with Crippen LogP contribution in [0, 0.1) is 0 Å². The zero-order valence-electron chi connectivity index (χ0n) is 11.0. The number of fused-ring (bicyclic) bond motifs is 1. The van der Waals surface area contributed by atoms with Crippen LogP contribution in [-0.2, 0) is 6.54 Å². The fraction of sp³-hybridized carbons (Fsp3) is 0.286. The molecule has 0 bridgehead atoms. The van der Waals surface area contributed by atoms with Crippen LogP contribution < -0.4 is 20.6 Å². The first-order valence-corrected chi connectivity index (χ1v) is 6.43. The lowest BCUT2D eigenvalue weighted by molar-refractivity contribution is 0.171. The van der Waals surface area contributed by atoms with Crippen LogP contribution in [0.4, 0.5) is 0 Å². The van der Waals surface area contributed by atoms with E-state index in [4.69, 9.17) is 9.47 Å². The standard InChI is InChI=1S/C14H14N2O4/c1-2-15-5-6-16(14(18)13(15)17)10-3-4-11-12(9-10)20-8-7-19-11/h3-6,9H,2,7-8H2,1H3. The van der Waals surface area contributed by atoms with Crippen molar-refractivity contribution in [3.63, 3.8) is 0 Å². The number of aromatic nitrogens is 2. The quantitative estimate of drug-likeness (QED) is 0.760. The molecule has 0 radical (unpaired) electrons. The van der Waals surface area contributed by atoms with E-state index >= 15 is 0 Å². The molecule has 1 aliphatic rings. The maximum Gasteiger partial charge on any atom is 0.320 e. The molecule has 0 saturated carbocycles. The van der Waals surface area contributed by atoms with E-state index in [2.05, 4.69) is 0 Å². The zero-order chi connectivity index (χ0) is 14.1. The predicted octanol–water partition coefficient (Wildman–Crippen LogP) is 0.790. The third-order valence-electron chi connectivity index (χ3n) is 3.20. The molecule has 3 rings (SSSR count). The van der Waals surface area contributed by atoms with Crippen LogP contribution >= 0.6 is 0 Å². The number of benzene rings is 1. The van der Waals surface area contributed by atoms with Crippen molar-refractivity contribution in [1.29, 1.82) is 0 Å². The van der Waals surface area contributed by atoms with Crippen molar-refractivity contribution in [3.05, 3.63) is 51.3 Å². The molecule has 2 heterocycles. The van der Waals surface area contributed by atoms with Gasteiger partial charge in [0.25, 0.3) is 0 Å². The van der Waals surface area contributed by atoms with Gasteiger partial charge in [-0.25, -0.2) is 0 Å². The molecule has 6 nitrogen and oxygen atoms in total. The van der Waals surface area contributed by atoms with E-state index in [0.29, 0.717) is 36.9 Å². The van der Waals surface area contributed by atoms with Crippen LogP contribution in [-0.4, -0.2) is 22.3 Å². The average Bonchev–Trinajstić information content (AvgIpc) is 2.49. The molecule has 0 atom stereocenters. The monoisotopic (exact) mass is 274 g/mol. The van der Waals surface area contributed by atoms with Gasteiger partial charge in [0.05, 0.1) is 5.69 Å². The summed E-state index contributed by atoms with van der Waals surface area (Å²) in [6, 6.07) is 5.16. The highest BCUT2D eigenvalue weighted by Crippen LogP contribution is 2.31. The number of nitrogens with zero attached hydrogens (tertiary/aromatic N) is 2. The van der Waals surface area contributed by atoms with Crippen molar-refractivity contribution >= 4 is 0 Å². The Balaban J connectivity index is 2.12. The topological polar surface area (TPSA) is 62.5 Å². The molecule has 0 fully saturated rings. The highest BCUT2D eigenvalue weighted by atomic mass is 16.6. The lowest BCUT2D eigenvalue weighted by atomic mass is 10.2. The number of aryl methyl sites for hydroxylation is 1. The van der Waals surface area contributed by atoms with E-state index in [-0.39, 0.29) is 0 Å². The molecule has 0 N–H and O–H groups in total. The Morgan fingerprint density at radius 3 is 2.55 bits per heavy atom. The third-order valence-corrected chi connectivity index (χ3v) is 3.20. The second-order valence-electron chi connectivity index (χ2n) is 4.39. The summed E-state index contributed by atoms with van der Waals surface area (Å²) in [6.07, 6.45) is 3.18. The molecular weight excluding hydrogens is 260 g/mol. The van der Waals surface area contributed by atoms with Gasteiger partial charge in [-0.05, 0) is 19.1 Å². The molecule has 0 aliphatic carbocycles. The zero-order valence-corrected chi connectivity index (χ0v) is 11.0. The summed E-state index contributed by atoms with van der Waals surface area (Å²) in [4.78, 5) is 23.9. The third kappa shape index (κ3) is 1.99. The predicted molar refractivity (Wildman–Crippen MR) is 73.0 cm³/mol. The van der Waals surface area contributed by atoms with E-state index < -0.39 is 11.1 Å². The van der Waals surface area contributed by atoms with Crippen molar-refractivity contribution in [2.75, 3.05) is 13.2 Å². The summed E-state index contributed by atoms with van der Waals surface area (Å²) in [5.74, 6) is 1.23. The van der Waals surface area contributed by atoms with Crippen molar-refractivity contribution in [2.24, 2.45) is 0 Å². The van der Waals surface area contributed by atoms with Crippen LogP contribution in [0.25, 0.3) is 5.69 Å². The van der Waals surface area contributed by atoms with Crippen LogP contribution in [0.3, 0.4) is 0 Å². The Kier molecular flexibility index (Phi) is 3.06. The SMILES string of the molecule is CCn1ccn(-c2ccc3c(c2)OCCO3)c(=O)c1=O. The molecule has 1 aromatic carbocycles. The first-order chi connectivity index (χ1) is 9.70. The minimum atomic E-state index is -0.578. The second kappa shape index (κ2) is 4.88. The van der Waals surface area contributed by atoms with Crippen LogP contribution in [0.1, 0.15) is 6.92 Å². The van der Waals surface area contributed by atoms with E-state index in [1.165, 1.54) is 9.13 Å². The van der Waals surface area contributed by atoms with E-state index in [0.717, 1.165) is 0 Å². The van der Waals surface area contributed by atoms with E-state index in [1.54, 1.807) is 30.6 Å². The van der Waals surface area contributed by atoms with Gasteiger partial charge in [0.1, 0.15) is 13.2 Å². The molecule has 0 amide bonds. The average molecular weight is 274 g/mol. The highest BCUT2D eigenvalue weighted by Gasteiger charge is 2.13. The van der Waals surface area contributed by atoms with Gasteiger partial charge in [-0.15, -0.1) is 0 Å². The molecule has 1 aliphatic heterocycles. The summed E-state index contributed by atoms with van der Waals surface area (Å²) in [5, 5.41) is 0. The Bertz CT molecular complexity index is 760. The molecule has 104 valence electrons. The van der Waals surface area contributed by atoms with Crippen LogP contribution in [0.15, 0.2) is 40.2 Å². The van der Waals surface area contributed by atoms with Gasteiger partial charge in [-0.2, -0.15) is 0 Å². The lowest BCUT2D eigenvalue weighted by Crippen LogP contribution is -2.39. The largest absolute Gasteiger partial charge is 0.486 e. The first kappa shape index (κ1) is 12.5. The summed E-state index contributed by atoms with van der Waals surface area (Å²) in [6.45, 7) is 3.27. The first-order valence-electron chi connectivity index (χ1n) is 6.43. The Morgan fingerprint density at radius 2 is 1.80 bits per heavy atom. The minimum absolute atomic E-state index is 0.468. The lowest BCUT2D eigenvalue weighted by Gasteiger charge is -2.19. The molecular formula is C14H14N2O4. The normalized spacial score (nSPS) is 13.2. The van der Waals surface area contributed by atoms with E-state index in [9.17, 15) is 9.59 Å². The molecule has 20 heavy (non-hydrogen) atoms. The van der Waals surface area contributed by atoms with Crippen molar-refractivity contribution < 1.29 is 9.47 Å². The van der Waals surface area contributed by atoms with Crippen molar-refractivity contribution in [3.8, 4) is 17.2 Å². The van der Waals surface area contributed by atoms with Gasteiger partial charge in [0.15, 0.2) is 11.5 Å². The molecule has 1 aromatic heterocycles. The van der Waals surface area contributed by atoms with Crippen molar-refractivity contribution in [2.45, 2.75) is 13.5 Å². The maximum atomic E-state index is 12.1. The Morgan fingerprint density at radius 1 is 1.05 bits per heavy atom. The fourth-order valence-electron chi connectivity index (χ4n) is 2.14. The second-order valence-corrected chi connectivity index (χ2v) is 4.39. The van der Waals surface area contributed by atoms with Gasteiger partial charge < -0.3 is 14.0 Å². The van der Waals surface area contributed by atoms with Gasteiger partial charge in [0, 0.05) is 25.0 Å². The van der Waals surface area contributed by atoms with Gasteiger partial charge in [-0.1, -0.05) is 0 Å². The van der Waals surface area contributed by atoms with Gasteiger partial charge >= 0.3 is 11.1 Å². The minimum Gasteiger partial charge on any atom is -0.486 e. The summed E-state index contributed by atoms with van der Waals surface area (Å²) in [7, 11) is 0. The number of ether oxygens (including phenoxy) is 2. The van der Waals surface area contributed by atoms with Gasteiger partial charge in [-0.3, -0.25) is 14.2 Å². The smallest absolute Gasteiger partial charge is 0.320 e. The Hall–Kier alpha value is -2.50. The summed E-state index contributed by atoms with van der Waals surface area (Å²) < 4.78 is 13.6. The Labute approximate surface area is 114 Å². The van der Waals surface area contributed by atoms with Gasteiger partial charge in [0.2, 0.25) is 0 Å². The maximum absolute atomic E-state index is 12.1. The van der Waals surface area contributed by atoms with Crippen molar-refractivity contribution in [1.82, 2.24) is 9.13 Å². The number of rotatable bonds is 2. The van der Waals surface area contributed by atoms with E-state index in [1.807, 2.05) is 6.92 Å².